The maximum atomic E-state index is 12.8. The summed E-state index contributed by atoms with van der Waals surface area (Å²) >= 11 is 6.13. The molecule has 0 unspecified atom stereocenters. The molecule has 2 fully saturated rings. The van der Waals surface area contributed by atoms with Crippen LogP contribution in [0.3, 0.4) is 0 Å². The van der Waals surface area contributed by atoms with Gasteiger partial charge in [0.25, 0.3) is 10.2 Å². The van der Waals surface area contributed by atoms with Crippen molar-refractivity contribution in [3.63, 3.8) is 0 Å². The normalized spacial score (nSPS) is 20.0. The van der Waals surface area contributed by atoms with Gasteiger partial charge in [0.1, 0.15) is 5.75 Å². The van der Waals surface area contributed by atoms with Gasteiger partial charge in [-0.2, -0.15) is 17.0 Å². The first-order chi connectivity index (χ1) is 13.8. The number of amides is 1. The average molecular weight is 445 g/mol. The third-order valence-electron chi connectivity index (χ3n) is 5.55. The molecule has 1 aromatic carbocycles. The van der Waals surface area contributed by atoms with Crippen molar-refractivity contribution < 1.29 is 17.9 Å². The average Bonchev–Trinajstić information content (AvgIpc) is 2.72. The van der Waals surface area contributed by atoms with Gasteiger partial charge in [-0.3, -0.25) is 4.79 Å². The van der Waals surface area contributed by atoms with Crippen LogP contribution in [0.15, 0.2) is 18.2 Å². The van der Waals surface area contributed by atoms with Crippen LogP contribution in [0.1, 0.15) is 12.0 Å². The van der Waals surface area contributed by atoms with E-state index in [0.29, 0.717) is 62.9 Å². The highest BCUT2D eigenvalue weighted by molar-refractivity contribution is 7.86. The fourth-order valence-corrected chi connectivity index (χ4v) is 5.48. The number of carbonyl (C=O) groups excluding carboxylic acids is 1. The molecule has 0 bridgehead atoms. The van der Waals surface area contributed by atoms with Crippen molar-refractivity contribution in [1.29, 1.82) is 0 Å². The van der Waals surface area contributed by atoms with Gasteiger partial charge in [0.05, 0.1) is 12.1 Å². The van der Waals surface area contributed by atoms with Crippen molar-refractivity contribution in [2.45, 2.75) is 12.8 Å². The number of likely N-dealkylation sites (N-methyl/N-ethyl adjacent to an activating group) is 1. The van der Waals surface area contributed by atoms with E-state index in [4.69, 9.17) is 16.3 Å². The van der Waals surface area contributed by atoms with Crippen LogP contribution in [0.5, 0.6) is 5.75 Å². The Bertz CT molecular complexity index is 819. The molecule has 1 aromatic rings. The van der Waals surface area contributed by atoms with Crippen LogP contribution >= 0.6 is 11.6 Å². The largest absolute Gasteiger partial charge is 0.495 e. The fourth-order valence-electron chi connectivity index (χ4n) is 3.63. The summed E-state index contributed by atoms with van der Waals surface area (Å²) in [4.78, 5) is 16.4. The minimum absolute atomic E-state index is 0.0357. The van der Waals surface area contributed by atoms with Gasteiger partial charge in [-0.05, 0) is 31.2 Å². The first-order valence-corrected chi connectivity index (χ1v) is 11.6. The first kappa shape index (κ1) is 22.3. The zero-order valence-electron chi connectivity index (χ0n) is 17.0. The molecule has 8 nitrogen and oxygen atoms in total. The number of piperazine rings is 2. The highest BCUT2D eigenvalue weighted by Crippen LogP contribution is 2.25. The molecule has 162 valence electrons. The molecule has 2 heterocycles. The van der Waals surface area contributed by atoms with Gasteiger partial charge >= 0.3 is 0 Å². The zero-order valence-corrected chi connectivity index (χ0v) is 18.6. The van der Waals surface area contributed by atoms with E-state index in [-0.39, 0.29) is 5.91 Å². The second-order valence-electron chi connectivity index (χ2n) is 7.46. The van der Waals surface area contributed by atoms with E-state index in [9.17, 15) is 13.2 Å². The molecule has 2 aliphatic heterocycles. The van der Waals surface area contributed by atoms with Crippen molar-refractivity contribution in [1.82, 2.24) is 18.4 Å². The molecule has 0 atom stereocenters. The summed E-state index contributed by atoms with van der Waals surface area (Å²) in [7, 11) is 0.109. The van der Waals surface area contributed by atoms with Gasteiger partial charge < -0.3 is 14.5 Å². The monoisotopic (exact) mass is 444 g/mol. The van der Waals surface area contributed by atoms with E-state index >= 15 is 0 Å². The highest BCUT2D eigenvalue weighted by atomic mass is 35.5. The Morgan fingerprint density at radius 3 is 2.17 bits per heavy atom. The fraction of sp³-hybridized carbons (Fsp3) is 0.632. The summed E-state index contributed by atoms with van der Waals surface area (Å²) in [5.74, 6) is 0.646. The first-order valence-electron chi connectivity index (χ1n) is 9.85. The van der Waals surface area contributed by atoms with Crippen LogP contribution in [-0.2, 0) is 21.4 Å². The van der Waals surface area contributed by atoms with Gasteiger partial charge in [-0.25, -0.2) is 0 Å². The van der Waals surface area contributed by atoms with Crippen LogP contribution in [0.2, 0.25) is 5.02 Å². The van der Waals surface area contributed by atoms with Crippen molar-refractivity contribution in [3.8, 4) is 5.75 Å². The van der Waals surface area contributed by atoms with Gasteiger partial charge in [0.2, 0.25) is 5.91 Å². The molecule has 10 heteroatoms. The number of benzene rings is 1. The summed E-state index contributed by atoms with van der Waals surface area (Å²) in [6.07, 6.45) is 0.955. The minimum Gasteiger partial charge on any atom is -0.495 e. The summed E-state index contributed by atoms with van der Waals surface area (Å²) in [5.41, 5.74) is 0.973. The number of rotatable bonds is 6. The number of nitrogens with zero attached hydrogens (tertiary/aromatic N) is 4. The Labute approximate surface area is 178 Å². The third kappa shape index (κ3) is 5.40. The van der Waals surface area contributed by atoms with Crippen LogP contribution in [0.25, 0.3) is 0 Å². The predicted molar refractivity (Wildman–Crippen MR) is 112 cm³/mol. The SMILES string of the molecule is COc1ccc(CCC(=O)N2CCN(S(=O)(=O)N3CCN(C)CC3)CC2)cc1Cl. The molecule has 0 aliphatic carbocycles. The zero-order chi connectivity index (χ0) is 21.0. The quantitative estimate of drug-likeness (QED) is 0.652. The number of hydrogen-bond donors (Lipinski definition) is 0. The van der Waals surface area contributed by atoms with Gasteiger partial charge in [-0.1, -0.05) is 17.7 Å². The van der Waals surface area contributed by atoms with Crippen LogP contribution in [0.4, 0.5) is 0 Å². The Morgan fingerprint density at radius 1 is 1.03 bits per heavy atom. The van der Waals surface area contributed by atoms with Crippen molar-refractivity contribution >= 4 is 27.7 Å². The Kier molecular flexibility index (Phi) is 7.39. The lowest BCUT2D eigenvalue weighted by atomic mass is 10.1. The minimum atomic E-state index is -3.45. The lowest BCUT2D eigenvalue weighted by Gasteiger charge is -2.39. The number of carbonyl (C=O) groups is 1. The molecule has 0 aromatic heterocycles. The van der Waals surface area contributed by atoms with Crippen LogP contribution in [0, 0.1) is 0 Å². The van der Waals surface area contributed by atoms with Gasteiger partial charge in [0, 0.05) is 58.8 Å². The number of hydrogen-bond acceptors (Lipinski definition) is 5. The van der Waals surface area contributed by atoms with E-state index in [1.54, 1.807) is 22.4 Å². The maximum Gasteiger partial charge on any atom is 0.282 e. The molecule has 2 saturated heterocycles. The topological polar surface area (TPSA) is 73.4 Å². The number of methoxy groups -OCH3 is 1. The van der Waals surface area contributed by atoms with Crippen LogP contribution < -0.4 is 4.74 Å². The van der Waals surface area contributed by atoms with Crippen LogP contribution in [-0.4, -0.2) is 99.3 Å². The van der Waals surface area contributed by atoms with E-state index in [0.717, 1.165) is 18.7 Å². The second kappa shape index (κ2) is 9.61. The summed E-state index contributed by atoms with van der Waals surface area (Å²) in [6, 6.07) is 5.51. The number of ether oxygens (including phenoxy) is 1. The molecule has 0 spiro atoms. The van der Waals surface area contributed by atoms with E-state index in [2.05, 4.69) is 4.90 Å². The van der Waals surface area contributed by atoms with Gasteiger partial charge in [-0.15, -0.1) is 0 Å². The molecule has 0 N–H and O–H groups in total. The van der Waals surface area contributed by atoms with Crippen molar-refractivity contribution in [2.75, 3.05) is 66.5 Å². The van der Waals surface area contributed by atoms with E-state index < -0.39 is 10.2 Å². The molecular weight excluding hydrogens is 416 g/mol. The maximum absolute atomic E-state index is 12.8. The summed E-state index contributed by atoms with van der Waals surface area (Å²) < 4.78 is 33.9. The smallest absolute Gasteiger partial charge is 0.282 e. The van der Waals surface area contributed by atoms with Crippen molar-refractivity contribution in [3.05, 3.63) is 28.8 Å². The lowest BCUT2D eigenvalue weighted by Crippen LogP contribution is -2.57. The van der Waals surface area contributed by atoms with Gasteiger partial charge in [0.15, 0.2) is 0 Å². The molecule has 0 radical (unpaired) electrons. The Balaban J connectivity index is 1.48. The van der Waals surface area contributed by atoms with Crippen molar-refractivity contribution in [2.24, 2.45) is 0 Å². The molecule has 3 rings (SSSR count). The van der Waals surface area contributed by atoms with E-state index in [1.807, 2.05) is 19.2 Å². The molecular formula is C19H29ClN4O4S. The van der Waals surface area contributed by atoms with E-state index in [1.165, 1.54) is 4.31 Å². The molecule has 0 saturated carbocycles. The molecule has 29 heavy (non-hydrogen) atoms. The Morgan fingerprint density at radius 2 is 1.62 bits per heavy atom. The lowest BCUT2D eigenvalue weighted by molar-refractivity contribution is -0.132. The summed E-state index contributed by atoms with van der Waals surface area (Å²) in [6.45, 7) is 4.05. The highest BCUT2D eigenvalue weighted by Gasteiger charge is 2.34. The third-order valence-corrected chi connectivity index (χ3v) is 7.88. The second-order valence-corrected chi connectivity index (χ2v) is 9.79. The predicted octanol–water partition coefficient (Wildman–Crippen LogP) is 0.918. The standard InChI is InChI=1S/C19H29ClN4O4S/c1-21-7-11-23(12-8-21)29(26,27)24-13-9-22(10-14-24)19(25)6-4-16-3-5-18(28-2)17(20)15-16/h3,5,15H,4,6-14H2,1-2H3. The molecule has 1 amide bonds. The number of aryl methyl sites for hydroxylation is 1. The molecule has 2 aliphatic rings. The number of halogens is 1. The Hall–Kier alpha value is -1.39. The summed E-state index contributed by atoms with van der Waals surface area (Å²) in [5, 5.41) is 0.528.